The first-order valence-electron chi connectivity index (χ1n) is 7.91. The molecule has 0 saturated heterocycles. The first-order chi connectivity index (χ1) is 12.3. The van der Waals surface area contributed by atoms with E-state index in [9.17, 15) is 18.0 Å². The number of aromatic nitrogens is 4. The zero-order valence-corrected chi connectivity index (χ0v) is 14.0. The van der Waals surface area contributed by atoms with E-state index < -0.39 is 23.6 Å². The van der Waals surface area contributed by atoms with Crippen molar-refractivity contribution in [3.05, 3.63) is 58.0 Å². The topological polar surface area (TPSA) is 60.7 Å². The van der Waals surface area contributed by atoms with Crippen LogP contribution in [0.4, 0.5) is 13.2 Å². The van der Waals surface area contributed by atoms with Gasteiger partial charge in [0.15, 0.2) is 5.52 Å². The number of rotatable bonds is 2. The molecule has 3 aromatic rings. The van der Waals surface area contributed by atoms with Crippen LogP contribution < -0.4 is 5.56 Å². The Morgan fingerprint density at radius 1 is 1.15 bits per heavy atom. The second kappa shape index (κ2) is 6.05. The van der Waals surface area contributed by atoms with Gasteiger partial charge < -0.3 is 0 Å². The number of pyridine rings is 2. The standard InChI is InChI=1S/C17H12ClF3N4O/c18-13-4-3-11(8-23-13)25-15(9-6-10(7-9)17(19,20)21)24-12-2-1-5-22-14(12)16(25)26/h1-5,8-10H,6-7H2/t9-,10+. The number of nitrogens with zero attached hydrogens (tertiary/aromatic N) is 4. The fourth-order valence-electron chi connectivity index (χ4n) is 3.15. The van der Waals surface area contributed by atoms with E-state index in [0.717, 1.165) is 0 Å². The van der Waals surface area contributed by atoms with Gasteiger partial charge in [0.05, 0.1) is 23.3 Å². The van der Waals surface area contributed by atoms with Crippen LogP contribution in [0.2, 0.25) is 5.15 Å². The summed E-state index contributed by atoms with van der Waals surface area (Å²) in [6.45, 7) is 0. The minimum absolute atomic E-state index is 0.0945. The molecule has 9 heteroatoms. The summed E-state index contributed by atoms with van der Waals surface area (Å²) in [7, 11) is 0. The Balaban J connectivity index is 1.87. The third-order valence-electron chi connectivity index (χ3n) is 4.59. The molecule has 0 spiro atoms. The molecule has 0 unspecified atom stereocenters. The van der Waals surface area contributed by atoms with Crippen LogP contribution in [0.25, 0.3) is 16.7 Å². The fraction of sp³-hybridized carbons (Fsp3) is 0.294. The quantitative estimate of drug-likeness (QED) is 0.633. The van der Waals surface area contributed by atoms with Crippen molar-refractivity contribution in [3.63, 3.8) is 0 Å². The van der Waals surface area contributed by atoms with Gasteiger partial charge in [-0.2, -0.15) is 13.2 Å². The lowest BCUT2D eigenvalue weighted by Gasteiger charge is -2.36. The maximum absolute atomic E-state index is 12.9. The maximum atomic E-state index is 12.9. The number of hydrogen-bond acceptors (Lipinski definition) is 4. The van der Waals surface area contributed by atoms with Crippen molar-refractivity contribution >= 4 is 22.6 Å². The molecular formula is C17H12ClF3N4O. The van der Waals surface area contributed by atoms with Crippen LogP contribution in [0.1, 0.15) is 24.6 Å². The molecule has 0 N–H and O–H groups in total. The number of halogens is 4. The van der Waals surface area contributed by atoms with Crippen molar-refractivity contribution in [2.24, 2.45) is 5.92 Å². The summed E-state index contributed by atoms with van der Waals surface area (Å²) in [5.41, 5.74) is 0.467. The van der Waals surface area contributed by atoms with Gasteiger partial charge in [-0.1, -0.05) is 11.6 Å². The van der Waals surface area contributed by atoms with Crippen LogP contribution in [-0.4, -0.2) is 25.7 Å². The zero-order valence-electron chi connectivity index (χ0n) is 13.2. The molecule has 1 saturated carbocycles. The van der Waals surface area contributed by atoms with Crippen LogP contribution in [0.3, 0.4) is 0 Å². The van der Waals surface area contributed by atoms with Crippen molar-refractivity contribution in [2.75, 3.05) is 0 Å². The Bertz CT molecular complexity index is 1030. The molecule has 0 amide bonds. The summed E-state index contributed by atoms with van der Waals surface area (Å²) in [6, 6.07) is 6.34. The van der Waals surface area contributed by atoms with Crippen LogP contribution in [0.15, 0.2) is 41.5 Å². The average Bonchev–Trinajstić information content (AvgIpc) is 2.54. The third kappa shape index (κ3) is 2.84. The number of hydrogen-bond donors (Lipinski definition) is 0. The summed E-state index contributed by atoms with van der Waals surface area (Å²) in [5, 5.41) is 0.246. The van der Waals surface area contributed by atoms with E-state index in [1.165, 1.54) is 23.0 Å². The van der Waals surface area contributed by atoms with Crippen molar-refractivity contribution in [1.29, 1.82) is 0 Å². The molecule has 0 aromatic carbocycles. The normalized spacial score (nSPS) is 20.2. The van der Waals surface area contributed by atoms with Gasteiger partial charge in [-0.25, -0.2) is 15.0 Å². The lowest BCUT2D eigenvalue weighted by molar-refractivity contribution is -0.198. The second-order valence-electron chi connectivity index (χ2n) is 6.23. The number of fused-ring (bicyclic) bond motifs is 1. The summed E-state index contributed by atoms with van der Waals surface area (Å²) < 4.78 is 39.9. The highest BCUT2D eigenvalue weighted by Crippen LogP contribution is 2.49. The van der Waals surface area contributed by atoms with Crippen LogP contribution in [0, 0.1) is 5.92 Å². The molecule has 3 heterocycles. The van der Waals surface area contributed by atoms with E-state index in [2.05, 4.69) is 15.0 Å². The van der Waals surface area contributed by atoms with E-state index in [1.54, 1.807) is 18.2 Å². The van der Waals surface area contributed by atoms with Crippen molar-refractivity contribution < 1.29 is 13.2 Å². The molecule has 0 radical (unpaired) electrons. The van der Waals surface area contributed by atoms with Crippen molar-refractivity contribution in [2.45, 2.75) is 24.9 Å². The van der Waals surface area contributed by atoms with E-state index in [0.29, 0.717) is 17.0 Å². The van der Waals surface area contributed by atoms with E-state index in [1.807, 2.05) is 0 Å². The molecule has 0 atom stereocenters. The molecule has 0 bridgehead atoms. The van der Waals surface area contributed by atoms with Gasteiger partial charge in [0.2, 0.25) is 0 Å². The van der Waals surface area contributed by atoms with E-state index in [-0.39, 0.29) is 23.5 Å². The molecule has 26 heavy (non-hydrogen) atoms. The Hall–Kier alpha value is -2.48. The van der Waals surface area contributed by atoms with Crippen molar-refractivity contribution in [1.82, 2.24) is 19.5 Å². The summed E-state index contributed by atoms with van der Waals surface area (Å²) in [5.74, 6) is -1.54. The molecular weight excluding hydrogens is 369 g/mol. The molecule has 0 aliphatic heterocycles. The maximum Gasteiger partial charge on any atom is 0.391 e. The summed E-state index contributed by atoms with van der Waals surface area (Å²) in [6.07, 6.45) is -1.56. The SMILES string of the molecule is O=c1c2ncccc2nc([C@H]2C[C@@H](C(F)(F)F)C2)n1-c1ccc(Cl)nc1. The smallest absolute Gasteiger partial charge is 0.266 e. The third-order valence-corrected chi connectivity index (χ3v) is 4.82. The fourth-order valence-corrected chi connectivity index (χ4v) is 3.27. The monoisotopic (exact) mass is 380 g/mol. The summed E-state index contributed by atoms with van der Waals surface area (Å²) >= 11 is 5.79. The lowest BCUT2D eigenvalue weighted by Crippen LogP contribution is -2.37. The van der Waals surface area contributed by atoms with E-state index >= 15 is 0 Å². The highest BCUT2D eigenvalue weighted by atomic mass is 35.5. The molecule has 5 nitrogen and oxygen atoms in total. The molecule has 1 fully saturated rings. The zero-order chi connectivity index (χ0) is 18.5. The molecule has 134 valence electrons. The van der Waals surface area contributed by atoms with Crippen LogP contribution in [-0.2, 0) is 0 Å². The second-order valence-corrected chi connectivity index (χ2v) is 6.61. The van der Waals surface area contributed by atoms with Gasteiger partial charge in [0, 0.05) is 12.1 Å². The number of alkyl halides is 3. The molecule has 4 rings (SSSR count). The molecule has 1 aliphatic rings. The van der Waals surface area contributed by atoms with Crippen molar-refractivity contribution in [3.8, 4) is 5.69 Å². The van der Waals surface area contributed by atoms with Crippen LogP contribution >= 0.6 is 11.6 Å². The highest BCUT2D eigenvalue weighted by molar-refractivity contribution is 6.29. The Kier molecular flexibility index (Phi) is 3.95. The Morgan fingerprint density at radius 2 is 1.92 bits per heavy atom. The predicted octanol–water partition coefficient (Wildman–Crippen LogP) is 3.89. The molecule has 3 aromatic heterocycles. The average molecular weight is 381 g/mol. The Morgan fingerprint density at radius 3 is 2.58 bits per heavy atom. The Labute approximate surface area is 150 Å². The minimum atomic E-state index is -4.23. The van der Waals surface area contributed by atoms with E-state index in [4.69, 9.17) is 11.6 Å². The highest BCUT2D eigenvalue weighted by Gasteiger charge is 2.49. The van der Waals surface area contributed by atoms with Gasteiger partial charge in [-0.3, -0.25) is 9.36 Å². The van der Waals surface area contributed by atoms with Gasteiger partial charge in [0.25, 0.3) is 5.56 Å². The first kappa shape index (κ1) is 17.0. The first-order valence-corrected chi connectivity index (χ1v) is 8.28. The minimum Gasteiger partial charge on any atom is -0.266 e. The van der Waals surface area contributed by atoms with Crippen LogP contribution in [0.5, 0.6) is 0 Å². The lowest BCUT2D eigenvalue weighted by atomic mass is 9.74. The van der Waals surface area contributed by atoms with Gasteiger partial charge >= 0.3 is 6.18 Å². The van der Waals surface area contributed by atoms with Gasteiger partial charge in [0.1, 0.15) is 11.0 Å². The van der Waals surface area contributed by atoms with Gasteiger partial charge in [-0.05, 0) is 37.1 Å². The van der Waals surface area contributed by atoms with Gasteiger partial charge in [-0.15, -0.1) is 0 Å². The summed E-state index contributed by atoms with van der Waals surface area (Å²) in [4.78, 5) is 25.4. The molecule has 1 aliphatic carbocycles. The predicted molar refractivity (Wildman–Crippen MR) is 89.5 cm³/mol. The largest absolute Gasteiger partial charge is 0.391 e.